The first kappa shape index (κ1) is 9.71. The number of aromatic nitrogens is 1. The maximum Gasteiger partial charge on any atom is 0.342 e. The summed E-state index contributed by atoms with van der Waals surface area (Å²) in [5.74, 6) is 2.01. The van der Waals surface area contributed by atoms with Crippen LogP contribution >= 0.6 is 0 Å². The zero-order chi connectivity index (χ0) is 9.97. The summed E-state index contributed by atoms with van der Waals surface area (Å²) in [4.78, 5) is 5.68. The Hall–Kier alpha value is -0.830. The van der Waals surface area contributed by atoms with Crippen LogP contribution in [0.4, 0.5) is 0 Å². The Morgan fingerprint density at radius 1 is 1.21 bits per heavy atom. The molecule has 0 amide bonds. The molecule has 0 atom stereocenters. The fourth-order valence-corrected chi connectivity index (χ4v) is 2.09. The molecule has 0 bridgehead atoms. The average Bonchev–Trinajstić information content (AvgIpc) is 2.47. The molecule has 1 fully saturated rings. The topological polar surface area (TPSA) is 30.5 Å². The van der Waals surface area contributed by atoms with Gasteiger partial charge in [0.2, 0.25) is 5.69 Å². The Bertz CT molecular complexity index is 300. The number of oxazole rings is 1. The van der Waals surface area contributed by atoms with E-state index in [2.05, 4.69) is 16.8 Å². The minimum absolute atomic E-state index is 0.912. The molecule has 1 saturated heterocycles. The molecule has 1 N–H and O–H groups in total. The summed E-state index contributed by atoms with van der Waals surface area (Å²) in [5.41, 5.74) is 1.17. The molecule has 0 radical (unpaired) electrons. The van der Waals surface area contributed by atoms with Crippen molar-refractivity contribution >= 4 is 0 Å². The molecule has 1 aliphatic heterocycles. The second-order valence-corrected chi connectivity index (χ2v) is 4.17. The highest BCUT2D eigenvalue weighted by Gasteiger charge is 2.18. The second-order valence-electron chi connectivity index (χ2n) is 4.17. The summed E-state index contributed by atoms with van der Waals surface area (Å²) < 4.78 is 5.62. The summed E-state index contributed by atoms with van der Waals surface area (Å²) >= 11 is 0. The standard InChI is InChI=1S/C11H18N2O/c1-9-11(14-10(2)12-9)8-13-6-4-3-5-7-13/h3-8H2,1-2H3/p+1. The Morgan fingerprint density at radius 3 is 2.50 bits per heavy atom. The number of hydrogen-bond donors (Lipinski definition) is 0. The minimum Gasteiger partial charge on any atom is -0.405 e. The van der Waals surface area contributed by atoms with E-state index in [1.807, 2.05) is 6.92 Å². The summed E-state index contributed by atoms with van der Waals surface area (Å²) in [6.45, 7) is 7.46. The van der Waals surface area contributed by atoms with E-state index in [0.717, 1.165) is 18.2 Å². The highest BCUT2D eigenvalue weighted by Crippen LogP contribution is 2.14. The van der Waals surface area contributed by atoms with E-state index in [-0.39, 0.29) is 0 Å². The Kier molecular flexibility index (Phi) is 2.87. The van der Waals surface area contributed by atoms with Crippen molar-refractivity contribution in [3.8, 4) is 0 Å². The van der Waals surface area contributed by atoms with Crippen LogP contribution < -0.4 is 4.98 Å². The lowest BCUT2D eigenvalue weighted by Crippen LogP contribution is -2.29. The van der Waals surface area contributed by atoms with Crippen molar-refractivity contribution in [2.24, 2.45) is 0 Å². The van der Waals surface area contributed by atoms with Gasteiger partial charge in [0.25, 0.3) is 0 Å². The third kappa shape index (κ3) is 2.15. The highest BCUT2D eigenvalue weighted by molar-refractivity contribution is 5.00. The van der Waals surface area contributed by atoms with Crippen LogP contribution in [0, 0.1) is 13.8 Å². The van der Waals surface area contributed by atoms with Gasteiger partial charge in [-0.25, -0.2) is 0 Å². The predicted molar refractivity (Wildman–Crippen MR) is 53.9 cm³/mol. The van der Waals surface area contributed by atoms with Crippen molar-refractivity contribution in [1.29, 1.82) is 0 Å². The molecule has 2 heterocycles. The number of aromatic amines is 1. The largest absolute Gasteiger partial charge is 0.405 e. The Balaban J connectivity index is 1.98. The van der Waals surface area contributed by atoms with Crippen LogP contribution in [0.5, 0.6) is 0 Å². The van der Waals surface area contributed by atoms with Crippen LogP contribution in [0.1, 0.15) is 36.6 Å². The number of nitrogens with one attached hydrogen (secondary N) is 1. The van der Waals surface area contributed by atoms with Crippen molar-refractivity contribution in [1.82, 2.24) is 4.90 Å². The predicted octanol–water partition coefficient (Wildman–Crippen LogP) is 1.70. The van der Waals surface area contributed by atoms with Crippen LogP contribution in [0.25, 0.3) is 0 Å². The van der Waals surface area contributed by atoms with Crippen LogP contribution in [-0.2, 0) is 6.54 Å². The van der Waals surface area contributed by atoms with E-state index in [0.29, 0.717) is 0 Å². The summed E-state index contributed by atoms with van der Waals surface area (Å²) in [6.07, 6.45) is 4.06. The van der Waals surface area contributed by atoms with Crippen LogP contribution in [0.2, 0.25) is 0 Å². The highest BCUT2D eigenvalue weighted by atomic mass is 16.4. The van der Waals surface area contributed by atoms with Crippen molar-refractivity contribution in [2.45, 2.75) is 39.7 Å². The van der Waals surface area contributed by atoms with Gasteiger partial charge >= 0.3 is 5.89 Å². The monoisotopic (exact) mass is 195 g/mol. The second kappa shape index (κ2) is 4.13. The van der Waals surface area contributed by atoms with Crippen molar-refractivity contribution in [3.63, 3.8) is 0 Å². The van der Waals surface area contributed by atoms with E-state index >= 15 is 0 Å². The first-order chi connectivity index (χ1) is 6.75. The molecule has 78 valence electrons. The number of H-pyrrole nitrogens is 1. The number of rotatable bonds is 2. The van der Waals surface area contributed by atoms with Crippen LogP contribution in [0.15, 0.2) is 4.42 Å². The Morgan fingerprint density at radius 2 is 1.93 bits per heavy atom. The maximum absolute atomic E-state index is 5.62. The molecule has 1 aromatic rings. The quantitative estimate of drug-likeness (QED) is 0.719. The summed E-state index contributed by atoms with van der Waals surface area (Å²) in [7, 11) is 0. The zero-order valence-corrected chi connectivity index (χ0v) is 9.10. The zero-order valence-electron chi connectivity index (χ0n) is 9.10. The van der Waals surface area contributed by atoms with Gasteiger partial charge in [-0.1, -0.05) is 6.42 Å². The van der Waals surface area contributed by atoms with Gasteiger partial charge in [-0.2, -0.15) is 4.98 Å². The molecule has 1 aromatic heterocycles. The molecule has 1 aliphatic rings. The lowest BCUT2D eigenvalue weighted by Gasteiger charge is -2.24. The van der Waals surface area contributed by atoms with Gasteiger partial charge in [-0.05, 0) is 25.9 Å². The molecule has 0 spiro atoms. The smallest absolute Gasteiger partial charge is 0.342 e. The number of piperidine rings is 1. The summed E-state index contributed by atoms with van der Waals surface area (Å²) in [5, 5.41) is 0. The van der Waals surface area contributed by atoms with E-state index in [4.69, 9.17) is 4.42 Å². The molecule has 0 saturated carbocycles. The molecule has 0 aliphatic carbocycles. The van der Waals surface area contributed by atoms with Gasteiger partial charge in [0.15, 0.2) is 5.76 Å². The first-order valence-corrected chi connectivity index (χ1v) is 5.46. The normalized spacial score (nSPS) is 18.7. The van der Waals surface area contributed by atoms with Gasteiger partial charge in [-0.3, -0.25) is 4.90 Å². The first-order valence-electron chi connectivity index (χ1n) is 5.46. The lowest BCUT2D eigenvalue weighted by atomic mass is 10.1. The number of hydrogen-bond acceptors (Lipinski definition) is 2. The SMILES string of the molecule is Cc1[nH+]c(C)c(CN2CCCCC2)o1. The lowest BCUT2D eigenvalue weighted by molar-refractivity contribution is -0.402. The fraction of sp³-hybridized carbons (Fsp3) is 0.727. The van der Waals surface area contributed by atoms with E-state index in [9.17, 15) is 0 Å². The van der Waals surface area contributed by atoms with Gasteiger partial charge < -0.3 is 4.42 Å². The Labute approximate surface area is 85.1 Å². The fourth-order valence-electron chi connectivity index (χ4n) is 2.09. The average molecular weight is 195 g/mol. The van der Waals surface area contributed by atoms with Gasteiger partial charge in [0.1, 0.15) is 0 Å². The maximum atomic E-state index is 5.62. The van der Waals surface area contributed by atoms with Gasteiger partial charge in [-0.15, -0.1) is 0 Å². The van der Waals surface area contributed by atoms with Crippen molar-refractivity contribution in [3.05, 3.63) is 17.3 Å². The summed E-state index contributed by atoms with van der Waals surface area (Å²) in [6, 6.07) is 0. The molecule has 2 rings (SSSR count). The molecule has 3 nitrogen and oxygen atoms in total. The third-order valence-electron chi connectivity index (χ3n) is 2.87. The van der Waals surface area contributed by atoms with Gasteiger partial charge in [0, 0.05) is 6.92 Å². The molecule has 14 heavy (non-hydrogen) atoms. The molecule has 3 heteroatoms. The van der Waals surface area contributed by atoms with Crippen molar-refractivity contribution < 1.29 is 9.40 Å². The van der Waals surface area contributed by atoms with E-state index in [1.165, 1.54) is 38.0 Å². The van der Waals surface area contributed by atoms with Crippen LogP contribution in [-0.4, -0.2) is 18.0 Å². The molecular weight excluding hydrogens is 176 g/mol. The molecule has 0 unspecified atom stereocenters. The number of likely N-dealkylation sites (tertiary alicyclic amines) is 1. The minimum atomic E-state index is 0.912. The van der Waals surface area contributed by atoms with Crippen LogP contribution in [0.3, 0.4) is 0 Å². The number of nitrogens with zero attached hydrogens (tertiary/aromatic N) is 1. The number of aryl methyl sites for hydroxylation is 2. The van der Waals surface area contributed by atoms with Gasteiger partial charge in [0.05, 0.1) is 13.5 Å². The van der Waals surface area contributed by atoms with E-state index < -0.39 is 0 Å². The molecule has 0 aromatic carbocycles. The third-order valence-corrected chi connectivity index (χ3v) is 2.87. The van der Waals surface area contributed by atoms with E-state index in [1.54, 1.807) is 0 Å². The molecular formula is C11H19N2O+. The van der Waals surface area contributed by atoms with Crippen molar-refractivity contribution in [2.75, 3.05) is 13.1 Å².